The van der Waals surface area contributed by atoms with E-state index in [9.17, 15) is 9.59 Å². The number of nitrogens with zero attached hydrogens (tertiary/aromatic N) is 2. The van der Waals surface area contributed by atoms with E-state index in [0.29, 0.717) is 17.8 Å². The molecule has 0 bridgehead atoms. The van der Waals surface area contributed by atoms with Crippen LogP contribution in [0.3, 0.4) is 0 Å². The van der Waals surface area contributed by atoms with Crippen molar-refractivity contribution in [1.82, 2.24) is 15.1 Å². The van der Waals surface area contributed by atoms with E-state index < -0.39 is 5.91 Å². The minimum absolute atomic E-state index is 0.0248. The molecule has 8 heteroatoms. The van der Waals surface area contributed by atoms with Crippen molar-refractivity contribution < 1.29 is 18.7 Å². The Morgan fingerprint density at radius 1 is 1.11 bits per heavy atom. The van der Waals surface area contributed by atoms with Gasteiger partial charge in [-0.3, -0.25) is 14.5 Å². The maximum absolute atomic E-state index is 12.3. The quantitative estimate of drug-likeness (QED) is 0.700. The van der Waals surface area contributed by atoms with Crippen LogP contribution < -0.4 is 10.1 Å². The highest BCUT2D eigenvalue weighted by Crippen LogP contribution is 2.14. The lowest BCUT2D eigenvalue weighted by Gasteiger charge is -2.34. The van der Waals surface area contributed by atoms with Crippen LogP contribution in [-0.4, -0.2) is 68.0 Å². The largest absolute Gasteiger partial charge is 0.497 e. The number of amides is 2. The minimum atomic E-state index is -0.392. The zero-order valence-corrected chi connectivity index (χ0v) is 17.4. The van der Waals surface area contributed by atoms with Crippen LogP contribution in [0.4, 0.5) is 0 Å². The number of carbonyl (C=O) groups excluding carboxylic acids is 2. The Kier molecular flexibility index (Phi) is 7.11. The number of furan rings is 1. The van der Waals surface area contributed by atoms with Gasteiger partial charge in [-0.1, -0.05) is 12.1 Å². The van der Waals surface area contributed by atoms with E-state index >= 15 is 0 Å². The third-order valence-corrected chi connectivity index (χ3v) is 5.22. The molecule has 0 spiro atoms. The summed E-state index contributed by atoms with van der Waals surface area (Å²) in [5.41, 5.74) is 1.27. The molecule has 1 aromatic heterocycles. The highest BCUT2D eigenvalue weighted by Gasteiger charge is 2.21. The Morgan fingerprint density at radius 3 is 2.43 bits per heavy atom. The Morgan fingerprint density at radius 2 is 1.82 bits per heavy atom. The van der Waals surface area contributed by atoms with Crippen molar-refractivity contribution in [2.75, 3.05) is 46.4 Å². The van der Waals surface area contributed by atoms with Crippen molar-refractivity contribution in [3.8, 4) is 5.75 Å². The van der Waals surface area contributed by atoms with Crippen LogP contribution >= 0.6 is 15.9 Å². The van der Waals surface area contributed by atoms with E-state index in [-0.39, 0.29) is 18.2 Å². The first kappa shape index (κ1) is 20.4. The summed E-state index contributed by atoms with van der Waals surface area (Å²) in [4.78, 5) is 28.4. The Hall–Kier alpha value is -2.32. The van der Waals surface area contributed by atoms with E-state index in [1.165, 1.54) is 5.56 Å². The van der Waals surface area contributed by atoms with Crippen LogP contribution in [0.15, 0.2) is 45.5 Å². The van der Waals surface area contributed by atoms with Crippen LogP contribution in [0.1, 0.15) is 16.1 Å². The summed E-state index contributed by atoms with van der Waals surface area (Å²) in [5.74, 6) is 0.580. The molecular weight excluding hydrogens is 426 g/mol. The molecule has 1 aliphatic heterocycles. The lowest BCUT2D eigenvalue weighted by Crippen LogP contribution is -2.51. The maximum atomic E-state index is 12.3. The average molecular weight is 450 g/mol. The van der Waals surface area contributed by atoms with E-state index in [4.69, 9.17) is 9.15 Å². The molecule has 2 heterocycles. The minimum Gasteiger partial charge on any atom is -0.497 e. The number of nitrogens with one attached hydrogen (secondary N) is 1. The van der Waals surface area contributed by atoms with Crippen LogP contribution in [0.5, 0.6) is 5.75 Å². The summed E-state index contributed by atoms with van der Waals surface area (Å²) < 4.78 is 10.8. The fourth-order valence-corrected chi connectivity index (χ4v) is 3.40. The Labute approximate surface area is 172 Å². The standard InChI is InChI=1S/C20H24BrN3O4/c1-27-16-4-2-15(3-5-16)8-9-23-10-12-24(13-11-23)19(25)14-22-20(26)17-6-7-18(21)28-17/h2-7H,8-14H2,1H3,(H,22,26). The Bertz CT molecular complexity index is 798. The molecule has 1 aliphatic rings. The zero-order chi connectivity index (χ0) is 19.9. The van der Waals surface area contributed by atoms with Gasteiger partial charge in [0.15, 0.2) is 10.4 Å². The van der Waals surface area contributed by atoms with Crippen molar-refractivity contribution in [3.63, 3.8) is 0 Å². The third kappa shape index (κ3) is 5.59. The molecule has 150 valence electrons. The summed E-state index contributed by atoms with van der Waals surface area (Å²) in [6, 6.07) is 11.3. The van der Waals surface area contributed by atoms with Crippen molar-refractivity contribution in [2.45, 2.75) is 6.42 Å². The molecule has 0 aliphatic carbocycles. The molecule has 1 saturated heterocycles. The summed E-state index contributed by atoms with van der Waals surface area (Å²) in [6.07, 6.45) is 0.965. The molecule has 2 aromatic rings. The lowest BCUT2D eigenvalue weighted by atomic mass is 10.1. The van der Waals surface area contributed by atoms with Gasteiger partial charge in [-0.05, 0) is 52.2 Å². The fraction of sp³-hybridized carbons (Fsp3) is 0.400. The van der Waals surface area contributed by atoms with E-state index in [2.05, 4.69) is 38.3 Å². The molecule has 1 N–H and O–H groups in total. The molecule has 0 saturated carbocycles. The molecule has 1 fully saturated rings. The summed E-state index contributed by atoms with van der Waals surface area (Å²) in [7, 11) is 1.66. The number of rotatable bonds is 7. The van der Waals surface area contributed by atoms with E-state index in [0.717, 1.165) is 31.8 Å². The average Bonchev–Trinajstić information content (AvgIpc) is 3.17. The van der Waals surface area contributed by atoms with Crippen molar-refractivity contribution in [2.24, 2.45) is 0 Å². The zero-order valence-electron chi connectivity index (χ0n) is 15.8. The van der Waals surface area contributed by atoms with E-state index in [1.54, 1.807) is 24.1 Å². The predicted molar refractivity (Wildman–Crippen MR) is 108 cm³/mol. The lowest BCUT2D eigenvalue weighted by molar-refractivity contribution is -0.131. The summed E-state index contributed by atoms with van der Waals surface area (Å²) in [5, 5.41) is 2.61. The van der Waals surface area contributed by atoms with Gasteiger partial charge in [-0.2, -0.15) is 0 Å². The number of halogens is 1. The Balaban J connectivity index is 1.37. The van der Waals surface area contributed by atoms with Gasteiger partial charge in [-0.15, -0.1) is 0 Å². The molecule has 2 amide bonds. The molecular formula is C20H24BrN3O4. The highest BCUT2D eigenvalue weighted by molar-refractivity contribution is 9.10. The molecule has 7 nitrogen and oxygen atoms in total. The van der Waals surface area contributed by atoms with Gasteiger partial charge in [0.05, 0.1) is 13.7 Å². The number of benzene rings is 1. The van der Waals surface area contributed by atoms with Gasteiger partial charge in [0, 0.05) is 32.7 Å². The summed E-state index contributed by atoms with van der Waals surface area (Å²) >= 11 is 3.15. The topological polar surface area (TPSA) is 75.0 Å². The van der Waals surface area contributed by atoms with Gasteiger partial charge >= 0.3 is 0 Å². The van der Waals surface area contributed by atoms with Gasteiger partial charge in [0.1, 0.15) is 5.75 Å². The van der Waals surface area contributed by atoms with Crippen LogP contribution in [0.25, 0.3) is 0 Å². The molecule has 0 radical (unpaired) electrons. The van der Waals surface area contributed by atoms with Crippen molar-refractivity contribution in [1.29, 1.82) is 0 Å². The van der Waals surface area contributed by atoms with Crippen LogP contribution in [-0.2, 0) is 11.2 Å². The number of ether oxygens (including phenoxy) is 1. The van der Waals surface area contributed by atoms with Gasteiger partial charge < -0.3 is 19.4 Å². The SMILES string of the molecule is COc1ccc(CCN2CCN(C(=O)CNC(=O)c3ccc(Br)o3)CC2)cc1. The number of hydrogen-bond acceptors (Lipinski definition) is 5. The summed E-state index contributed by atoms with van der Waals surface area (Å²) in [6.45, 7) is 3.94. The third-order valence-electron chi connectivity index (χ3n) is 4.80. The van der Waals surface area contributed by atoms with Crippen LogP contribution in [0.2, 0.25) is 0 Å². The normalized spacial score (nSPS) is 14.7. The maximum Gasteiger partial charge on any atom is 0.287 e. The first-order valence-corrected chi connectivity index (χ1v) is 10.0. The first-order valence-electron chi connectivity index (χ1n) is 9.22. The number of methoxy groups -OCH3 is 1. The van der Waals surface area contributed by atoms with Gasteiger partial charge in [-0.25, -0.2) is 0 Å². The monoisotopic (exact) mass is 449 g/mol. The second kappa shape index (κ2) is 9.75. The predicted octanol–water partition coefficient (Wildman–Crippen LogP) is 2.17. The highest BCUT2D eigenvalue weighted by atomic mass is 79.9. The van der Waals surface area contributed by atoms with E-state index in [1.807, 2.05) is 12.1 Å². The molecule has 28 heavy (non-hydrogen) atoms. The second-order valence-electron chi connectivity index (χ2n) is 6.61. The molecule has 0 unspecified atom stereocenters. The number of piperazine rings is 1. The van der Waals surface area contributed by atoms with Gasteiger partial charge in [0.2, 0.25) is 5.91 Å². The van der Waals surface area contributed by atoms with Crippen LogP contribution in [0, 0.1) is 0 Å². The number of carbonyl (C=O) groups is 2. The van der Waals surface area contributed by atoms with Gasteiger partial charge in [0.25, 0.3) is 5.91 Å². The number of hydrogen-bond donors (Lipinski definition) is 1. The van der Waals surface area contributed by atoms with Crippen molar-refractivity contribution in [3.05, 3.63) is 52.4 Å². The van der Waals surface area contributed by atoms with Crippen molar-refractivity contribution >= 4 is 27.7 Å². The molecule has 1 aromatic carbocycles. The fourth-order valence-electron chi connectivity index (χ4n) is 3.09. The second-order valence-corrected chi connectivity index (χ2v) is 7.39. The molecule has 3 rings (SSSR count). The first-order chi connectivity index (χ1) is 13.5. The smallest absolute Gasteiger partial charge is 0.287 e. The molecule has 0 atom stereocenters.